The smallest absolute Gasteiger partial charge is 0.358 e. The Morgan fingerprint density at radius 2 is 0.842 bits per heavy atom. The van der Waals surface area contributed by atoms with E-state index < -0.39 is 0 Å². The Kier molecular flexibility index (Phi) is 14.2. The average Bonchev–Trinajstić information content (AvgIpc) is 3.46. The van der Waals surface area contributed by atoms with Crippen molar-refractivity contribution in [2.75, 3.05) is 0 Å². The molecule has 0 N–H and O–H groups in total. The maximum atomic E-state index is 2.26. The molecule has 6 aromatic rings. The van der Waals surface area contributed by atoms with Gasteiger partial charge in [0.25, 0.3) is 0 Å². The van der Waals surface area contributed by atoms with Crippen LogP contribution in [0.2, 0.25) is 13.1 Å². The zero-order chi connectivity index (χ0) is 24.6. The summed E-state index contributed by atoms with van der Waals surface area (Å²) < 4.78 is 0. The maximum absolute atomic E-state index is 2.26. The van der Waals surface area contributed by atoms with Crippen LogP contribution in [0.25, 0.3) is 43.8 Å². The molecule has 0 bridgehead atoms. The van der Waals surface area contributed by atoms with Crippen LogP contribution in [0, 0.1) is 28.7 Å². The van der Waals surface area contributed by atoms with Crippen LogP contribution in [0.1, 0.15) is 11.1 Å². The Morgan fingerprint density at radius 1 is 0.500 bits per heavy atom. The van der Waals surface area contributed by atoms with Crippen LogP contribution in [0.4, 0.5) is 0 Å². The summed E-state index contributed by atoms with van der Waals surface area (Å²) in [4.78, 5) is 0. The SMILES string of the molecule is C[Si]C.Cc1cc2c(-c3ccccc3)cccc2[cH-]1.Cc1cc2c(-c3ccccc3)cccc2[cH-]1.[CH3-].[CH3-].[Zr+4]. The van der Waals surface area contributed by atoms with Gasteiger partial charge in [-0.15, -0.1) is 69.1 Å². The molecule has 38 heavy (non-hydrogen) atoms. The first-order valence-corrected chi connectivity index (χ1v) is 14.1. The van der Waals surface area contributed by atoms with Crippen molar-refractivity contribution in [2.24, 2.45) is 0 Å². The fourth-order valence-electron chi connectivity index (χ4n) is 4.51. The van der Waals surface area contributed by atoms with Gasteiger partial charge in [-0.25, -0.2) is 0 Å². The van der Waals surface area contributed by atoms with Gasteiger partial charge in [-0.3, -0.25) is 0 Å². The minimum atomic E-state index is 0. The van der Waals surface area contributed by atoms with Crippen molar-refractivity contribution in [3.05, 3.63) is 147 Å². The van der Waals surface area contributed by atoms with E-state index in [1.807, 2.05) is 0 Å². The number of rotatable bonds is 2. The molecule has 0 atom stereocenters. The molecule has 190 valence electrons. The molecule has 2 radical (unpaired) electrons. The molecule has 0 aromatic heterocycles. The standard InChI is InChI=1S/2C16H13.C2H6Si.2CH3.Zr/c2*1-12-10-14-8-5-9-15(16(14)11-12)13-6-3-2-4-7-13;1-3-2;;;/h2*2-11H,1H3;1-2H3;2*1H3;/q2*-1;;2*-1;+4. The van der Waals surface area contributed by atoms with Crippen molar-refractivity contribution in [3.63, 3.8) is 0 Å². The summed E-state index contributed by atoms with van der Waals surface area (Å²) in [6, 6.07) is 43.1. The molecule has 0 fully saturated rings. The fourth-order valence-corrected chi connectivity index (χ4v) is 4.51. The summed E-state index contributed by atoms with van der Waals surface area (Å²) in [5.41, 5.74) is 7.89. The third kappa shape index (κ3) is 8.10. The molecule has 0 aliphatic heterocycles. The van der Waals surface area contributed by atoms with E-state index in [0.29, 0.717) is 0 Å². The van der Waals surface area contributed by atoms with Crippen molar-refractivity contribution < 1.29 is 26.2 Å². The number of hydrogen-bond acceptors (Lipinski definition) is 0. The quantitative estimate of drug-likeness (QED) is 0.139. The number of aryl methyl sites for hydroxylation is 2. The molecule has 0 unspecified atom stereocenters. The molecular formula is C36H38SiZr. The first kappa shape index (κ1) is 33.2. The Morgan fingerprint density at radius 3 is 1.18 bits per heavy atom. The van der Waals surface area contributed by atoms with Gasteiger partial charge >= 0.3 is 26.2 Å². The van der Waals surface area contributed by atoms with Crippen LogP contribution in [0.3, 0.4) is 0 Å². The topological polar surface area (TPSA) is 0 Å². The molecule has 0 heterocycles. The van der Waals surface area contributed by atoms with Crippen molar-refractivity contribution in [2.45, 2.75) is 26.9 Å². The monoisotopic (exact) mass is 588 g/mol. The molecule has 0 nitrogen and oxygen atoms in total. The third-order valence-corrected chi connectivity index (χ3v) is 5.96. The van der Waals surface area contributed by atoms with Gasteiger partial charge in [0.1, 0.15) is 0 Å². The van der Waals surface area contributed by atoms with E-state index in [1.54, 1.807) is 0 Å². The summed E-state index contributed by atoms with van der Waals surface area (Å²) in [5, 5.41) is 5.37. The van der Waals surface area contributed by atoms with E-state index in [0.717, 1.165) is 9.52 Å². The molecule has 0 amide bonds. The van der Waals surface area contributed by atoms with Crippen molar-refractivity contribution in [1.29, 1.82) is 0 Å². The molecule has 0 saturated carbocycles. The van der Waals surface area contributed by atoms with Gasteiger partial charge in [-0.2, -0.15) is 12.1 Å². The van der Waals surface area contributed by atoms with Crippen LogP contribution >= 0.6 is 0 Å². The predicted octanol–water partition coefficient (Wildman–Crippen LogP) is 10.8. The Labute approximate surface area is 252 Å². The Bertz CT molecular complexity index is 1380. The van der Waals surface area contributed by atoms with E-state index in [1.165, 1.54) is 54.9 Å². The largest absolute Gasteiger partial charge is 4.00 e. The molecule has 6 rings (SSSR count). The maximum Gasteiger partial charge on any atom is 4.00 e. The molecule has 2 heteroatoms. The number of fused-ring (bicyclic) bond motifs is 2. The minimum absolute atomic E-state index is 0. The molecule has 0 aliphatic rings. The summed E-state index contributed by atoms with van der Waals surface area (Å²) in [6.07, 6.45) is 0. The van der Waals surface area contributed by atoms with Crippen LogP contribution in [-0.4, -0.2) is 9.52 Å². The Hall–Kier alpha value is -2.80. The van der Waals surface area contributed by atoms with Crippen LogP contribution in [-0.2, 0) is 26.2 Å². The van der Waals surface area contributed by atoms with Gasteiger partial charge in [0, 0.05) is 9.52 Å². The van der Waals surface area contributed by atoms with Crippen molar-refractivity contribution in [3.8, 4) is 22.3 Å². The van der Waals surface area contributed by atoms with E-state index >= 15 is 0 Å². The zero-order valence-electron chi connectivity index (χ0n) is 23.5. The molecule has 0 aliphatic carbocycles. The zero-order valence-corrected chi connectivity index (χ0v) is 27.0. The summed E-state index contributed by atoms with van der Waals surface area (Å²) in [5.74, 6) is 0. The van der Waals surface area contributed by atoms with Crippen molar-refractivity contribution >= 4 is 31.1 Å². The average molecular weight is 590 g/mol. The second kappa shape index (κ2) is 16.2. The predicted molar refractivity (Wildman–Crippen MR) is 170 cm³/mol. The molecule has 0 spiro atoms. The van der Waals surface area contributed by atoms with E-state index in [4.69, 9.17) is 0 Å². The van der Waals surface area contributed by atoms with Crippen LogP contribution in [0.5, 0.6) is 0 Å². The second-order valence-corrected chi connectivity index (χ2v) is 9.91. The van der Waals surface area contributed by atoms with E-state index in [9.17, 15) is 0 Å². The van der Waals surface area contributed by atoms with Crippen molar-refractivity contribution in [1.82, 2.24) is 0 Å². The van der Waals surface area contributed by atoms with E-state index in [-0.39, 0.29) is 41.1 Å². The van der Waals surface area contributed by atoms with Gasteiger partial charge in [0.2, 0.25) is 0 Å². The van der Waals surface area contributed by atoms with E-state index in [2.05, 4.69) is 148 Å². The number of benzene rings is 4. The third-order valence-electron chi connectivity index (χ3n) is 5.96. The second-order valence-electron chi connectivity index (χ2n) is 8.91. The fraction of sp³-hybridized carbons (Fsp3) is 0.111. The van der Waals surface area contributed by atoms with Gasteiger partial charge < -0.3 is 14.9 Å². The molecule has 6 aromatic carbocycles. The van der Waals surface area contributed by atoms with Gasteiger partial charge in [-0.05, 0) is 11.1 Å². The summed E-state index contributed by atoms with van der Waals surface area (Å²) >= 11 is 0. The summed E-state index contributed by atoms with van der Waals surface area (Å²) in [7, 11) is 1.08. The normalized spacial score (nSPS) is 9.58. The molecular weight excluding hydrogens is 552 g/mol. The van der Waals surface area contributed by atoms with Gasteiger partial charge in [-0.1, -0.05) is 111 Å². The first-order chi connectivity index (χ1) is 17.1. The summed E-state index contributed by atoms with van der Waals surface area (Å²) in [6.45, 7) is 8.60. The van der Waals surface area contributed by atoms with Gasteiger partial charge in [0.15, 0.2) is 0 Å². The Balaban J connectivity index is 0.000000322. The number of hydrogen-bond donors (Lipinski definition) is 0. The molecule has 0 saturated heterocycles. The van der Waals surface area contributed by atoms with Crippen LogP contribution < -0.4 is 0 Å². The van der Waals surface area contributed by atoms with Crippen LogP contribution in [0.15, 0.2) is 121 Å². The van der Waals surface area contributed by atoms with Gasteiger partial charge in [0.05, 0.1) is 0 Å². The first-order valence-electron chi connectivity index (χ1n) is 12.1. The minimum Gasteiger partial charge on any atom is -0.358 e.